The molecule has 1 amide bonds. The SMILES string of the molecule is Cc1nnc(NC(=O)CN(C)C)n1C1CC1. The predicted molar refractivity (Wildman–Crippen MR) is 60.2 cm³/mol. The summed E-state index contributed by atoms with van der Waals surface area (Å²) in [7, 11) is 3.72. The topological polar surface area (TPSA) is 63.1 Å². The molecule has 88 valence electrons. The summed E-state index contributed by atoms with van der Waals surface area (Å²) in [4.78, 5) is 13.4. The summed E-state index contributed by atoms with van der Waals surface area (Å²) >= 11 is 0. The number of carbonyl (C=O) groups is 1. The molecule has 2 rings (SSSR count). The molecule has 0 radical (unpaired) electrons. The second kappa shape index (κ2) is 4.21. The van der Waals surface area contributed by atoms with Crippen molar-refractivity contribution in [3.63, 3.8) is 0 Å². The quantitative estimate of drug-likeness (QED) is 0.803. The van der Waals surface area contributed by atoms with Crippen LogP contribution in [0.15, 0.2) is 0 Å². The van der Waals surface area contributed by atoms with E-state index >= 15 is 0 Å². The fraction of sp³-hybridized carbons (Fsp3) is 0.700. The first-order valence-electron chi connectivity index (χ1n) is 5.44. The Morgan fingerprint density at radius 1 is 1.50 bits per heavy atom. The fourth-order valence-electron chi connectivity index (χ4n) is 1.68. The van der Waals surface area contributed by atoms with Crippen LogP contribution in [-0.4, -0.2) is 46.2 Å². The third kappa shape index (κ3) is 2.38. The first-order chi connectivity index (χ1) is 7.58. The average Bonchev–Trinajstić information content (AvgIpc) is 2.92. The Morgan fingerprint density at radius 2 is 2.19 bits per heavy atom. The molecular formula is C10H17N5O. The highest BCUT2D eigenvalue weighted by Crippen LogP contribution is 2.37. The maximum Gasteiger partial charge on any atom is 0.240 e. The number of hydrogen-bond donors (Lipinski definition) is 1. The Labute approximate surface area is 94.6 Å². The van der Waals surface area contributed by atoms with Crippen LogP contribution in [0.2, 0.25) is 0 Å². The van der Waals surface area contributed by atoms with Crippen LogP contribution in [0.4, 0.5) is 5.95 Å². The molecule has 0 spiro atoms. The molecule has 0 atom stereocenters. The second-order valence-electron chi connectivity index (χ2n) is 4.46. The van der Waals surface area contributed by atoms with E-state index in [1.54, 1.807) is 0 Å². The predicted octanol–water partition coefficient (Wildman–Crippen LogP) is 0.422. The van der Waals surface area contributed by atoms with Crippen molar-refractivity contribution in [1.82, 2.24) is 19.7 Å². The van der Waals surface area contributed by atoms with E-state index in [9.17, 15) is 4.79 Å². The van der Waals surface area contributed by atoms with Crippen LogP contribution in [0, 0.1) is 6.92 Å². The number of aromatic nitrogens is 3. The highest BCUT2D eigenvalue weighted by atomic mass is 16.2. The zero-order valence-corrected chi connectivity index (χ0v) is 9.90. The number of anilines is 1. The van der Waals surface area contributed by atoms with Crippen molar-refractivity contribution < 1.29 is 4.79 Å². The fourth-order valence-corrected chi connectivity index (χ4v) is 1.68. The molecular weight excluding hydrogens is 206 g/mol. The third-order valence-corrected chi connectivity index (χ3v) is 2.49. The van der Waals surface area contributed by atoms with E-state index in [-0.39, 0.29) is 5.91 Å². The molecule has 1 saturated carbocycles. The monoisotopic (exact) mass is 223 g/mol. The molecule has 1 aromatic heterocycles. The van der Waals surface area contributed by atoms with Crippen LogP contribution < -0.4 is 5.32 Å². The van der Waals surface area contributed by atoms with E-state index in [4.69, 9.17) is 0 Å². The minimum atomic E-state index is -0.0562. The van der Waals surface area contributed by atoms with Crippen LogP contribution in [0.25, 0.3) is 0 Å². The Kier molecular flexibility index (Phi) is 2.91. The molecule has 0 aliphatic heterocycles. The number of likely N-dealkylation sites (N-methyl/N-ethyl adjacent to an activating group) is 1. The maximum absolute atomic E-state index is 11.6. The van der Waals surface area contributed by atoms with Gasteiger partial charge in [0, 0.05) is 6.04 Å². The van der Waals surface area contributed by atoms with Gasteiger partial charge in [0.15, 0.2) is 0 Å². The number of amides is 1. The van der Waals surface area contributed by atoms with Gasteiger partial charge in [-0.1, -0.05) is 0 Å². The lowest BCUT2D eigenvalue weighted by molar-refractivity contribution is -0.116. The molecule has 1 N–H and O–H groups in total. The van der Waals surface area contributed by atoms with Gasteiger partial charge >= 0.3 is 0 Å². The van der Waals surface area contributed by atoms with E-state index in [1.165, 1.54) is 0 Å². The van der Waals surface area contributed by atoms with Gasteiger partial charge in [-0.15, -0.1) is 10.2 Å². The van der Waals surface area contributed by atoms with Crippen LogP contribution >= 0.6 is 0 Å². The van der Waals surface area contributed by atoms with Gasteiger partial charge in [0.25, 0.3) is 0 Å². The third-order valence-electron chi connectivity index (χ3n) is 2.49. The lowest BCUT2D eigenvalue weighted by atomic mass is 10.5. The lowest BCUT2D eigenvalue weighted by Crippen LogP contribution is -2.28. The van der Waals surface area contributed by atoms with Gasteiger partial charge in [-0.2, -0.15) is 0 Å². The summed E-state index contributed by atoms with van der Waals surface area (Å²) in [5.74, 6) is 1.38. The van der Waals surface area contributed by atoms with E-state index in [2.05, 4.69) is 15.5 Å². The Morgan fingerprint density at radius 3 is 2.75 bits per heavy atom. The van der Waals surface area contributed by atoms with Gasteiger partial charge in [0.05, 0.1) is 6.54 Å². The van der Waals surface area contributed by atoms with Crippen molar-refractivity contribution in [2.75, 3.05) is 26.0 Å². The lowest BCUT2D eigenvalue weighted by Gasteiger charge is -2.10. The zero-order valence-electron chi connectivity index (χ0n) is 9.90. The first-order valence-corrected chi connectivity index (χ1v) is 5.44. The average molecular weight is 223 g/mol. The molecule has 1 aliphatic rings. The highest BCUT2D eigenvalue weighted by Gasteiger charge is 2.28. The van der Waals surface area contributed by atoms with Crippen molar-refractivity contribution in [2.45, 2.75) is 25.8 Å². The van der Waals surface area contributed by atoms with Crippen LogP contribution in [-0.2, 0) is 4.79 Å². The molecule has 0 saturated heterocycles. The van der Waals surface area contributed by atoms with Gasteiger partial charge in [-0.25, -0.2) is 0 Å². The van der Waals surface area contributed by atoms with Crippen LogP contribution in [0.1, 0.15) is 24.7 Å². The number of nitrogens with zero attached hydrogens (tertiary/aromatic N) is 4. The molecule has 6 nitrogen and oxygen atoms in total. The molecule has 1 heterocycles. The van der Waals surface area contributed by atoms with Crippen molar-refractivity contribution >= 4 is 11.9 Å². The molecule has 0 unspecified atom stereocenters. The van der Waals surface area contributed by atoms with Crippen molar-refractivity contribution in [3.05, 3.63) is 5.82 Å². The summed E-state index contributed by atoms with van der Waals surface area (Å²) < 4.78 is 2.01. The minimum Gasteiger partial charge on any atom is -0.301 e. The zero-order chi connectivity index (χ0) is 11.7. The Balaban J connectivity index is 2.06. The van der Waals surface area contributed by atoms with Gasteiger partial charge < -0.3 is 4.90 Å². The number of nitrogens with one attached hydrogen (secondary N) is 1. The van der Waals surface area contributed by atoms with E-state index in [1.807, 2.05) is 30.5 Å². The van der Waals surface area contributed by atoms with Crippen LogP contribution in [0.3, 0.4) is 0 Å². The minimum absolute atomic E-state index is 0.0562. The summed E-state index contributed by atoms with van der Waals surface area (Å²) in [5, 5.41) is 10.8. The smallest absolute Gasteiger partial charge is 0.240 e. The van der Waals surface area contributed by atoms with Crippen molar-refractivity contribution in [3.8, 4) is 0 Å². The van der Waals surface area contributed by atoms with E-state index < -0.39 is 0 Å². The molecule has 1 aliphatic carbocycles. The summed E-state index contributed by atoms with van der Waals surface area (Å²) in [6, 6.07) is 0.477. The largest absolute Gasteiger partial charge is 0.301 e. The number of rotatable bonds is 4. The molecule has 16 heavy (non-hydrogen) atoms. The summed E-state index contributed by atoms with van der Waals surface area (Å²) in [5.41, 5.74) is 0. The van der Waals surface area contributed by atoms with Crippen LogP contribution in [0.5, 0.6) is 0 Å². The standard InChI is InChI=1S/C10H17N5O/c1-7-12-13-10(15(7)8-4-5-8)11-9(16)6-14(2)3/h8H,4-6H2,1-3H3,(H,11,13,16). The maximum atomic E-state index is 11.6. The summed E-state index contributed by atoms with van der Waals surface area (Å²) in [6.45, 7) is 2.27. The number of aryl methyl sites for hydroxylation is 1. The van der Waals surface area contributed by atoms with Gasteiger partial charge in [0.2, 0.25) is 11.9 Å². The number of hydrogen-bond acceptors (Lipinski definition) is 4. The Hall–Kier alpha value is -1.43. The summed E-state index contributed by atoms with van der Waals surface area (Å²) in [6.07, 6.45) is 2.30. The molecule has 1 aromatic rings. The Bertz CT molecular complexity index is 394. The van der Waals surface area contributed by atoms with Crippen molar-refractivity contribution in [2.24, 2.45) is 0 Å². The van der Waals surface area contributed by atoms with Gasteiger partial charge in [0.1, 0.15) is 5.82 Å². The van der Waals surface area contributed by atoms with Gasteiger partial charge in [-0.05, 0) is 33.9 Å². The highest BCUT2D eigenvalue weighted by molar-refractivity contribution is 5.90. The van der Waals surface area contributed by atoms with E-state index in [0.717, 1.165) is 18.7 Å². The van der Waals surface area contributed by atoms with Gasteiger partial charge in [-0.3, -0.25) is 14.7 Å². The molecule has 0 aromatic carbocycles. The normalized spacial score (nSPS) is 15.5. The second-order valence-corrected chi connectivity index (χ2v) is 4.46. The van der Waals surface area contributed by atoms with Crippen molar-refractivity contribution in [1.29, 1.82) is 0 Å². The first kappa shape index (κ1) is 11.1. The molecule has 6 heteroatoms. The molecule has 0 bridgehead atoms. The number of carbonyl (C=O) groups excluding carboxylic acids is 1. The molecule has 1 fully saturated rings. The van der Waals surface area contributed by atoms with E-state index in [0.29, 0.717) is 18.5 Å².